The number of amides is 3. The van der Waals surface area contributed by atoms with Crippen LogP contribution in [0.15, 0.2) is 70.8 Å². The third kappa shape index (κ3) is 6.84. The fraction of sp³-hybridized carbons (Fsp3) is 0.143. The quantitative estimate of drug-likeness (QED) is 0.0951. The first-order valence-corrected chi connectivity index (χ1v) is 12.1. The lowest BCUT2D eigenvalue weighted by Crippen LogP contribution is -2.30. The number of nitro benzene ring substituents is 1. The number of rotatable bonds is 10. The number of non-ortho nitro benzene ring substituents is 1. The summed E-state index contributed by atoms with van der Waals surface area (Å²) in [6.07, 6.45) is 3.94. The van der Waals surface area contributed by atoms with Crippen molar-refractivity contribution in [3.8, 4) is 11.5 Å². The molecule has 1 fully saturated rings. The molecule has 2 aromatic carbocycles. The summed E-state index contributed by atoms with van der Waals surface area (Å²) in [5.74, 6) is -1.60. The van der Waals surface area contributed by atoms with E-state index in [0.29, 0.717) is 11.1 Å². The lowest BCUT2D eigenvalue weighted by Gasteiger charge is -2.11. The van der Waals surface area contributed by atoms with E-state index in [0.717, 1.165) is 11.0 Å². The van der Waals surface area contributed by atoms with Gasteiger partial charge in [0.05, 0.1) is 25.2 Å². The molecule has 0 saturated carbocycles. The Bertz CT molecular complexity index is 1590. The number of ether oxygens (including phenoxy) is 3. The fourth-order valence-corrected chi connectivity index (χ4v) is 3.73. The number of nitro groups is 1. The van der Waals surface area contributed by atoms with Crippen LogP contribution in [0.1, 0.15) is 34.4 Å². The summed E-state index contributed by atoms with van der Waals surface area (Å²) in [6, 6.07) is 12.5. The van der Waals surface area contributed by atoms with Gasteiger partial charge in [-0.05, 0) is 54.5 Å². The van der Waals surface area contributed by atoms with Crippen molar-refractivity contribution in [2.75, 3.05) is 13.7 Å². The van der Waals surface area contributed by atoms with E-state index in [1.807, 2.05) is 0 Å². The molecule has 1 aromatic heterocycles. The van der Waals surface area contributed by atoms with Crippen LogP contribution in [0.25, 0.3) is 12.2 Å². The van der Waals surface area contributed by atoms with Crippen LogP contribution < -0.4 is 14.8 Å². The minimum absolute atomic E-state index is 0.0122. The van der Waals surface area contributed by atoms with E-state index in [1.165, 1.54) is 61.7 Å². The van der Waals surface area contributed by atoms with Crippen molar-refractivity contribution in [2.24, 2.45) is 0 Å². The standard InChI is InChI=1S/C28H23N3O10/c1-3-39-24-15-18(7-10-22(24)41-25(32)12-8-17-5-4-6-19(13-17)31(36)37)14-21-26(33)30(28(35)29-21)16-20-9-11-23(40-20)27(34)38-2/h4-15H,3,16H2,1-2H3,(H,29,35)/b12-8+,21-14-. The van der Waals surface area contributed by atoms with Gasteiger partial charge in [0.2, 0.25) is 5.76 Å². The molecule has 0 atom stereocenters. The Morgan fingerprint density at radius 3 is 2.61 bits per heavy atom. The average molecular weight is 562 g/mol. The van der Waals surface area contributed by atoms with Crippen molar-refractivity contribution in [1.29, 1.82) is 0 Å². The molecule has 2 heterocycles. The second-order valence-corrected chi connectivity index (χ2v) is 8.38. The van der Waals surface area contributed by atoms with Crippen molar-refractivity contribution in [2.45, 2.75) is 13.5 Å². The highest BCUT2D eigenvalue weighted by Gasteiger charge is 2.34. The van der Waals surface area contributed by atoms with Gasteiger partial charge in [-0.15, -0.1) is 0 Å². The van der Waals surface area contributed by atoms with Gasteiger partial charge < -0.3 is 23.9 Å². The van der Waals surface area contributed by atoms with Gasteiger partial charge in [0.25, 0.3) is 11.6 Å². The van der Waals surface area contributed by atoms with Crippen molar-refractivity contribution < 1.29 is 42.7 Å². The van der Waals surface area contributed by atoms with Gasteiger partial charge >= 0.3 is 18.0 Å². The Kier molecular flexibility index (Phi) is 8.57. The topological polar surface area (TPSA) is 168 Å². The molecule has 0 bridgehead atoms. The number of benzene rings is 2. The molecule has 0 spiro atoms. The van der Waals surface area contributed by atoms with Crippen LogP contribution in [0.4, 0.5) is 10.5 Å². The maximum atomic E-state index is 12.9. The largest absolute Gasteiger partial charge is 0.490 e. The van der Waals surface area contributed by atoms with Crippen molar-refractivity contribution in [3.05, 3.63) is 99.1 Å². The Morgan fingerprint density at radius 1 is 1.07 bits per heavy atom. The summed E-state index contributed by atoms with van der Waals surface area (Å²) < 4.78 is 20.9. The Hall–Kier alpha value is -5.72. The van der Waals surface area contributed by atoms with Crippen LogP contribution in [0.5, 0.6) is 11.5 Å². The van der Waals surface area contributed by atoms with Crippen LogP contribution in [-0.4, -0.2) is 47.4 Å². The van der Waals surface area contributed by atoms with Gasteiger partial charge in [0.1, 0.15) is 11.5 Å². The SMILES string of the molecule is CCOc1cc(/C=C2\NC(=O)N(Cc3ccc(C(=O)OC)o3)C2=O)ccc1OC(=O)/C=C/c1cccc([N+](=O)[O-])c1. The van der Waals surface area contributed by atoms with E-state index in [2.05, 4.69) is 10.1 Å². The number of methoxy groups -OCH3 is 1. The lowest BCUT2D eigenvalue weighted by molar-refractivity contribution is -0.384. The Labute approximate surface area is 232 Å². The zero-order valence-corrected chi connectivity index (χ0v) is 21.8. The third-order valence-electron chi connectivity index (χ3n) is 5.61. The summed E-state index contributed by atoms with van der Waals surface area (Å²) in [6.45, 7) is 1.77. The first kappa shape index (κ1) is 28.3. The number of carbonyl (C=O) groups is 4. The van der Waals surface area contributed by atoms with Crippen LogP contribution in [0.2, 0.25) is 0 Å². The van der Waals surface area contributed by atoms with Gasteiger partial charge in [-0.3, -0.25) is 19.8 Å². The molecule has 210 valence electrons. The van der Waals surface area contributed by atoms with E-state index in [1.54, 1.807) is 19.1 Å². The average Bonchev–Trinajstić information content (AvgIpc) is 3.53. The van der Waals surface area contributed by atoms with E-state index in [9.17, 15) is 29.3 Å². The highest BCUT2D eigenvalue weighted by molar-refractivity contribution is 6.13. The number of nitrogens with one attached hydrogen (secondary N) is 1. The number of esters is 2. The zero-order valence-electron chi connectivity index (χ0n) is 21.8. The minimum Gasteiger partial charge on any atom is -0.490 e. The monoisotopic (exact) mass is 561 g/mol. The maximum absolute atomic E-state index is 12.9. The van der Waals surface area contributed by atoms with Crippen LogP contribution in [0, 0.1) is 10.1 Å². The summed E-state index contributed by atoms with van der Waals surface area (Å²) in [4.78, 5) is 60.6. The molecule has 0 unspecified atom stereocenters. The van der Waals surface area contributed by atoms with Crippen molar-refractivity contribution in [1.82, 2.24) is 10.2 Å². The van der Waals surface area contributed by atoms with Gasteiger partial charge in [-0.1, -0.05) is 18.2 Å². The second kappa shape index (κ2) is 12.4. The Morgan fingerprint density at radius 2 is 1.88 bits per heavy atom. The van der Waals surface area contributed by atoms with Gasteiger partial charge in [-0.2, -0.15) is 0 Å². The smallest absolute Gasteiger partial charge is 0.373 e. The summed E-state index contributed by atoms with van der Waals surface area (Å²) >= 11 is 0. The molecule has 0 radical (unpaired) electrons. The normalized spacial score (nSPS) is 13.9. The molecule has 13 heteroatoms. The molecule has 4 rings (SSSR count). The second-order valence-electron chi connectivity index (χ2n) is 8.38. The molecular formula is C28H23N3O10. The molecule has 1 aliphatic rings. The van der Waals surface area contributed by atoms with Crippen LogP contribution >= 0.6 is 0 Å². The van der Waals surface area contributed by atoms with E-state index in [-0.39, 0.29) is 47.6 Å². The molecule has 1 saturated heterocycles. The van der Waals surface area contributed by atoms with Crippen molar-refractivity contribution in [3.63, 3.8) is 0 Å². The molecule has 13 nitrogen and oxygen atoms in total. The number of furan rings is 1. The van der Waals surface area contributed by atoms with Gasteiger partial charge in [0.15, 0.2) is 11.5 Å². The number of imide groups is 1. The number of hydrogen-bond donors (Lipinski definition) is 1. The minimum atomic E-state index is -0.745. The highest BCUT2D eigenvalue weighted by Crippen LogP contribution is 2.30. The number of nitrogens with zero attached hydrogens (tertiary/aromatic N) is 2. The molecular weight excluding hydrogens is 538 g/mol. The number of carbonyl (C=O) groups excluding carboxylic acids is 4. The zero-order chi connectivity index (χ0) is 29.5. The van der Waals surface area contributed by atoms with E-state index < -0.39 is 28.8 Å². The first-order chi connectivity index (χ1) is 19.7. The maximum Gasteiger partial charge on any atom is 0.373 e. The lowest BCUT2D eigenvalue weighted by atomic mass is 10.1. The molecule has 3 aromatic rings. The molecule has 41 heavy (non-hydrogen) atoms. The summed E-state index contributed by atoms with van der Waals surface area (Å²) in [5.41, 5.74) is 0.785. The van der Waals surface area contributed by atoms with E-state index in [4.69, 9.17) is 13.9 Å². The van der Waals surface area contributed by atoms with E-state index >= 15 is 0 Å². The number of hydrogen-bond acceptors (Lipinski definition) is 10. The molecule has 0 aliphatic carbocycles. The molecule has 1 N–H and O–H groups in total. The molecule has 3 amide bonds. The predicted molar refractivity (Wildman–Crippen MR) is 142 cm³/mol. The van der Waals surface area contributed by atoms with Crippen molar-refractivity contribution >= 4 is 41.7 Å². The van der Waals surface area contributed by atoms with Crippen LogP contribution in [-0.2, 0) is 20.9 Å². The number of urea groups is 1. The Balaban J connectivity index is 1.47. The first-order valence-electron chi connectivity index (χ1n) is 12.1. The fourth-order valence-electron chi connectivity index (χ4n) is 3.73. The molecule has 1 aliphatic heterocycles. The van der Waals surface area contributed by atoms with Gasteiger partial charge in [-0.25, -0.2) is 14.4 Å². The summed E-state index contributed by atoms with van der Waals surface area (Å²) in [5, 5.41) is 13.4. The third-order valence-corrected chi connectivity index (χ3v) is 5.61. The predicted octanol–water partition coefficient (Wildman–Crippen LogP) is 4.08. The van der Waals surface area contributed by atoms with Gasteiger partial charge in [0, 0.05) is 18.2 Å². The van der Waals surface area contributed by atoms with Crippen LogP contribution in [0.3, 0.4) is 0 Å². The highest BCUT2D eigenvalue weighted by atomic mass is 16.6. The summed E-state index contributed by atoms with van der Waals surface area (Å²) in [7, 11) is 1.20.